The van der Waals surface area contributed by atoms with Gasteiger partial charge in [0, 0.05) is 12.5 Å². The Morgan fingerprint density at radius 2 is 2.40 bits per heavy atom. The fourth-order valence-electron chi connectivity index (χ4n) is 0.700. The van der Waals surface area contributed by atoms with Gasteiger partial charge < -0.3 is 5.73 Å². The third kappa shape index (κ3) is 5.51. The molecule has 0 aliphatic rings. The minimum absolute atomic E-state index is 0.112. The van der Waals surface area contributed by atoms with Gasteiger partial charge in [-0.1, -0.05) is 6.58 Å². The average Bonchev–Trinajstić information content (AvgIpc) is 1.87. The smallest absolute Gasteiger partial charge is 0.155 e. The van der Waals surface area contributed by atoms with Gasteiger partial charge in [0.2, 0.25) is 0 Å². The topological polar surface area (TPSA) is 43.1 Å². The normalized spacial score (nSPS) is 12.6. The standard InChI is InChI=1S/C8H15NO/c1-3-8(10)6-4-5-7(2)9/h3,7H,1,4-6,9H2,2H3. The molecule has 58 valence electrons. The van der Waals surface area contributed by atoms with E-state index in [1.54, 1.807) is 0 Å². The highest BCUT2D eigenvalue weighted by Crippen LogP contribution is 1.98. The van der Waals surface area contributed by atoms with Crippen LogP contribution < -0.4 is 5.73 Å². The van der Waals surface area contributed by atoms with Crippen molar-refractivity contribution >= 4 is 5.78 Å². The predicted octanol–water partition coefficient (Wildman–Crippen LogP) is 1.26. The molecule has 0 rings (SSSR count). The van der Waals surface area contributed by atoms with Gasteiger partial charge in [-0.25, -0.2) is 0 Å². The zero-order chi connectivity index (χ0) is 7.98. The third-order valence-corrected chi connectivity index (χ3v) is 1.31. The lowest BCUT2D eigenvalue weighted by molar-refractivity contribution is -0.114. The van der Waals surface area contributed by atoms with Crippen molar-refractivity contribution in [3.63, 3.8) is 0 Å². The number of hydrogen-bond donors (Lipinski definition) is 1. The molecule has 0 aromatic carbocycles. The van der Waals surface area contributed by atoms with Crippen molar-refractivity contribution < 1.29 is 4.79 Å². The highest BCUT2D eigenvalue weighted by atomic mass is 16.1. The van der Waals surface area contributed by atoms with E-state index in [0.29, 0.717) is 6.42 Å². The molecule has 0 amide bonds. The first-order valence-corrected chi connectivity index (χ1v) is 3.57. The van der Waals surface area contributed by atoms with Crippen LogP contribution in [0.25, 0.3) is 0 Å². The Morgan fingerprint density at radius 3 is 2.80 bits per heavy atom. The van der Waals surface area contributed by atoms with E-state index in [4.69, 9.17) is 5.73 Å². The summed E-state index contributed by atoms with van der Waals surface area (Å²) in [5.74, 6) is 0.112. The molecule has 1 atom stereocenters. The van der Waals surface area contributed by atoms with Crippen LogP contribution in [0.3, 0.4) is 0 Å². The van der Waals surface area contributed by atoms with Crippen molar-refractivity contribution in [1.82, 2.24) is 0 Å². The van der Waals surface area contributed by atoms with Crippen molar-refractivity contribution in [2.24, 2.45) is 5.73 Å². The number of carbonyl (C=O) groups excluding carboxylic acids is 1. The van der Waals surface area contributed by atoms with Crippen molar-refractivity contribution in [2.75, 3.05) is 0 Å². The molecule has 2 N–H and O–H groups in total. The molecule has 0 aliphatic heterocycles. The summed E-state index contributed by atoms with van der Waals surface area (Å²) in [6, 6.07) is 0.206. The predicted molar refractivity (Wildman–Crippen MR) is 42.7 cm³/mol. The number of carbonyl (C=O) groups is 1. The van der Waals surface area contributed by atoms with Gasteiger partial charge in [-0.2, -0.15) is 0 Å². The molecule has 0 bridgehead atoms. The molecule has 0 saturated heterocycles. The van der Waals surface area contributed by atoms with E-state index in [1.807, 2.05) is 6.92 Å². The van der Waals surface area contributed by atoms with Gasteiger partial charge in [0.05, 0.1) is 0 Å². The molecule has 2 heteroatoms. The van der Waals surface area contributed by atoms with Crippen LogP contribution >= 0.6 is 0 Å². The number of ketones is 1. The van der Waals surface area contributed by atoms with Gasteiger partial charge in [0.15, 0.2) is 5.78 Å². The van der Waals surface area contributed by atoms with Crippen LogP contribution in [0.2, 0.25) is 0 Å². The number of rotatable bonds is 5. The van der Waals surface area contributed by atoms with Crippen LogP contribution in [0.4, 0.5) is 0 Å². The minimum Gasteiger partial charge on any atom is -0.328 e. The molecule has 1 unspecified atom stereocenters. The van der Waals surface area contributed by atoms with Crippen molar-refractivity contribution in [1.29, 1.82) is 0 Å². The molecule has 0 aromatic heterocycles. The zero-order valence-corrected chi connectivity index (χ0v) is 6.47. The van der Waals surface area contributed by atoms with Gasteiger partial charge in [-0.15, -0.1) is 0 Å². The highest BCUT2D eigenvalue weighted by molar-refractivity contribution is 5.88. The molecule has 0 radical (unpaired) electrons. The van der Waals surface area contributed by atoms with Crippen molar-refractivity contribution in [2.45, 2.75) is 32.2 Å². The van der Waals surface area contributed by atoms with Crippen LogP contribution in [0.15, 0.2) is 12.7 Å². The monoisotopic (exact) mass is 141 g/mol. The van der Waals surface area contributed by atoms with Gasteiger partial charge in [0.25, 0.3) is 0 Å². The molecule has 0 saturated carbocycles. The second kappa shape index (κ2) is 5.18. The molecule has 10 heavy (non-hydrogen) atoms. The molecule has 0 fully saturated rings. The van der Waals surface area contributed by atoms with Crippen LogP contribution in [0.5, 0.6) is 0 Å². The fraction of sp³-hybridized carbons (Fsp3) is 0.625. The first-order valence-electron chi connectivity index (χ1n) is 3.57. The van der Waals surface area contributed by atoms with Gasteiger partial charge in [-0.3, -0.25) is 4.79 Å². The van der Waals surface area contributed by atoms with E-state index >= 15 is 0 Å². The summed E-state index contributed by atoms with van der Waals surface area (Å²) in [6.45, 7) is 5.32. The molecular formula is C8H15NO. The average molecular weight is 141 g/mol. The summed E-state index contributed by atoms with van der Waals surface area (Å²) in [7, 11) is 0. The largest absolute Gasteiger partial charge is 0.328 e. The molecule has 0 aromatic rings. The van der Waals surface area contributed by atoms with Crippen LogP contribution in [-0.2, 0) is 4.79 Å². The second-order valence-corrected chi connectivity index (χ2v) is 2.54. The van der Waals surface area contributed by atoms with E-state index < -0.39 is 0 Å². The van der Waals surface area contributed by atoms with Gasteiger partial charge >= 0.3 is 0 Å². The molecule has 0 aliphatic carbocycles. The van der Waals surface area contributed by atoms with E-state index in [-0.39, 0.29) is 11.8 Å². The summed E-state index contributed by atoms with van der Waals surface area (Å²) in [4.78, 5) is 10.6. The first kappa shape index (κ1) is 9.37. The van der Waals surface area contributed by atoms with Crippen LogP contribution in [0, 0.1) is 0 Å². The Morgan fingerprint density at radius 1 is 1.80 bits per heavy atom. The van der Waals surface area contributed by atoms with Crippen LogP contribution in [-0.4, -0.2) is 11.8 Å². The molecule has 2 nitrogen and oxygen atoms in total. The van der Waals surface area contributed by atoms with E-state index in [1.165, 1.54) is 6.08 Å². The van der Waals surface area contributed by atoms with E-state index in [0.717, 1.165) is 12.8 Å². The number of allylic oxidation sites excluding steroid dienone is 1. The lowest BCUT2D eigenvalue weighted by atomic mass is 10.1. The lowest BCUT2D eigenvalue weighted by Crippen LogP contribution is -2.14. The SMILES string of the molecule is C=CC(=O)CCCC(C)N. The summed E-state index contributed by atoms with van der Waals surface area (Å²) >= 11 is 0. The Balaban J connectivity index is 3.19. The van der Waals surface area contributed by atoms with E-state index in [9.17, 15) is 4.79 Å². The van der Waals surface area contributed by atoms with Crippen molar-refractivity contribution in [3.8, 4) is 0 Å². The van der Waals surface area contributed by atoms with Gasteiger partial charge in [0.1, 0.15) is 0 Å². The quantitative estimate of drug-likeness (QED) is 0.586. The summed E-state index contributed by atoms with van der Waals surface area (Å²) in [5.41, 5.74) is 5.48. The fourth-order valence-corrected chi connectivity index (χ4v) is 0.700. The zero-order valence-electron chi connectivity index (χ0n) is 6.47. The molecule has 0 heterocycles. The lowest BCUT2D eigenvalue weighted by Gasteiger charge is -2.01. The molecule has 0 spiro atoms. The van der Waals surface area contributed by atoms with Crippen LogP contribution in [0.1, 0.15) is 26.2 Å². The second-order valence-electron chi connectivity index (χ2n) is 2.54. The Labute approximate surface area is 62.1 Å². The van der Waals surface area contributed by atoms with Gasteiger partial charge in [-0.05, 0) is 25.8 Å². The number of hydrogen-bond acceptors (Lipinski definition) is 2. The maximum absolute atomic E-state index is 10.6. The third-order valence-electron chi connectivity index (χ3n) is 1.31. The minimum atomic E-state index is 0.112. The summed E-state index contributed by atoms with van der Waals surface area (Å²) in [5, 5.41) is 0. The molecular weight excluding hydrogens is 126 g/mol. The van der Waals surface area contributed by atoms with Crippen molar-refractivity contribution in [3.05, 3.63) is 12.7 Å². The van der Waals surface area contributed by atoms with E-state index in [2.05, 4.69) is 6.58 Å². The Hall–Kier alpha value is -0.630. The Bertz CT molecular complexity index is 118. The maximum Gasteiger partial charge on any atom is 0.155 e. The maximum atomic E-state index is 10.6. The highest BCUT2D eigenvalue weighted by Gasteiger charge is 1.97. The summed E-state index contributed by atoms with van der Waals surface area (Å²) < 4.78 is 0. The first-order chi connectivity index (χ1) is 4.66. The summed E-state index contributed by atoms with van der Waals surface area (Å²) in [6.07, 6.45) is 3.74. The Kier molecular flexibility index (Phi) is 4.85. The number of nitrogens with two attached hydrogens (primary N) is 1.